The highest BCUT2D eigenvalue weighted by Gasteiger charge is 2.25. The van der Waals surface area contributed by atoms with Crippen molar-refractivity contribution in [3.8, 4) is 5.69 Å². The van der Waals surface area contributed by atoms with E-state index < -0.39 is 6.03 Å². The van der Waals surface area contributed by atoms with Crippen molar-refractivity contribution >= 4 is 35.3 Å². The van der Waals surface area contributed by atoms with Crippen LogP contribution in [0.25, 0.3) is 5.69 Å². The third-order valence-electron chi connectivity index (χ3n) is 4.39. The van der Waals surface area contributed by atoms with Gasteiger partial charge in [-0.1, -0.05) is 23.4 Å². The average molecular weight is 423 g/mol. The van der Waals surface area contributed by atoms with Crippen molar-refractivity contribution in [2.45, 2.75) is 37.0 Å². The minimum atomic E-state index is -0.450. The van der Waals surface area contributed by atoms with Gasteiger partial charge in [0.25, 0.3) is 0 Å². The van der Waals surface area contributed by atoms with Crippen LogP contribution in [0.1, 0.15) is 31.6 Å². The van der Waals surface area contributed by atoms with Gasteiger partial charge in [0.2, 0.25) is 5.91 Å². The summed E-state index contributed by atoms with van der Waals surface area (Å²) in [7, 11) is 3.93. The Hall–Kier alpha value is -2.10. The molecule has 1 fully saturated rings. The molecular weight excluding hydrogens is 400 g/mol. The van der Waals surface area contributed by atoms with Crippen LogP contribution in [0.15, 0.2) is 29.4 Å². The lowest BCUT2D eigenvalue weighted by Crippen LogP contribution is -2.41. The monoisotopic (exact) mass is 422 g/mol. The molecule has 8 nitrogen and oxygen atoms in total. The molecule has 1 heterocycles. The Labute approximate surface area is 173 Å². The van der Waals surface area contributed by atoms with Crippen LogP contribution < -0.4 is 10.6 Å². The van der Waals surface area contributed by atoms with Crippen molar-refractivity contribution in [2.24, 2.45) is 0 Å². The van der Waals surface area contributed by atoms with Crippen LogP contribution in [0.5, 0.6) is 0 Å². The first-order valence-corrected chi connectivity index (χ1v) is 10.3. The zero-order chi connectivity index (χ0) is 20.3. The van der Waals surface area contributed by atoms with E-state index in [2.05, 4.69) is 20.8 Å². The van der Waals surface area contributed by atoms with Gasteiger partial charge in [-0.05, 0) is 58.1 Å². The fourth-order valence-corrected chi connectivity index (χ4v) is 3.34. The lowest BCUT2D eigenvalue weighted by Gasteiger charge is -2.20. The van der Waals surface area contributed by atoms with Gasteiger partial charge in [0.1, 0.15) is 0 Å². The van der Waals surface area contributed by atoms with E-state index in [0.717, 1.165) is 24.4 Å². The molecule has 1 unspecified atom stereocenters. The molecule has 1 aromatic heterocycles. The number of hydrogen-bond acceptors (Lipinski definition) is 6. The lowest BCUT2D eigenvalue weighted by atomic mass is 10.2. The maximum atomic E-state index is 12.1. The molecule has 1 atom stereocenters. The number of nitrogens with zero attached hydrogens (tertiary/aromatic N) is 4. The first kappa shape index (κ1) is 20.6. The van der Waals surface area contributed by atoms with Crippen LogP contribution in [-0.2, 0) is 4.79 Å². The van der Waals surface area contributed by atoms with E-state index in [1.807, 2.05) is 42.6 Å². The summed E-state index contributed by atoms with van der Waals surface area (Å²) in [5.41, 5.74) is 0.854. The highest BCUT2D eigenvalue weighted by atomic mass is 35.5. The number of aromatic nitrogens is 3. The topological polar surface area (TPSA) is 92.1 Å². The number of rotatable bonds is 7. The molecule has 0 bridgehead atoms. The van der Waals surface area contributed by atoms with E-state index in [-0.39, 0.29) is 23.7 Å². The van der Waals surface area contributed by atoms with Gasteiger partial charge >= 0.3 is 6.03 Å². The summed E-state index contributed by atoms with van der Waals surface area (Å²) in [6, 6.07) is 7.11. The first-order chi connectivity index (χ1) is 13.3. The molecule has 28 heavy (non-hydrogen) atoms. The Kier molecular flexibility index (Phi) is 6.58. The summed E-state index contributed by atoms with van der Waals surface area (Å²) in [4.78, 5) is 25.8. The van der Waals surface area contributed by atoms with Gasteiger partial charge in [0.15, 0.2) is 11.0 Å². The molecule has 0 spiro atoms. The van der Waals surface area contributed by atoms with Gasteiger partial charge in [0.05, 0.1) is 11.8 Å². The van der Waals surface area contributed by atoms with Crippen molar-refractivity contribution in [1.82, 2.24) is 30.3 Å². The van der Waals surface area contributed by atoms with Gasteiger partial charge in [0, 0.05) is 16.8 Å². The third kappa shape index (κ3) is 5.24. The average Bonchev–Trinajstić information content (AvgIpc) is 3.35. The number of halogens is 1. The van der Waals surface area contributed by atoms with E-state index in [1.165, 1.54) is 11.8 Å². The predicted octanol–water partition coefficient (Wildman–Crippen LogP) is 2.62. The Morgan fingerprint density at radius 2 is 1.96 bits per heavy atom. The van der Waals surface area contributed by atoms with Gasteiger partial charge < -0.3 is 5.32 Å². The summed E-state index contributed by atoms with van der Waals surface area (Å²) in [6.07, 6.45) is 1.93. The van der Waals surface area contributed by atoms with Crippen molar-refractivity contribution < 1.29 is 9.59 Å². The number of carbonyl (C=O) groups excluding carboxylic acids is 2. The normalized spacial score (nSPS) is 14.8. The Morgan fingerprint density at radius 1 is 1.29 bits per heavy atom. The van der Waals surface area contributed by atoms with E-state index in [1.54, 1.807) is 12.1 Å². The van der Waals surface area contributed by atoms with E-state index in [0.29, 0.717) is 10.2 Å². The number of amides is 3. The molecule has 150 valence electrons. The van der Waals surface area contributed by atoms with E-state index >= 15 is 0 Å². The molecule has 2 aromatic rings. The number of benzene rings is 1. The smallest absolute Gasteiger partial charge is 0.321 e. The summed E-state index contributed by atoms with van der Waals surface area (Å²) >= 11 is 7.24. The molecule has 2 N–H and O–H groups in total. The van der Waals surface area contributed by atoms with Crippen molar-refractivity contribution in [2.75, 3.05) is 19.8 Å². The van der Waals surface area contributed by atoms with Gasteiger partial charge in [-0.2, -0.15) is 0 Å². The number of hydrogen-bond donors (Lipinski definition) is 2. The van der Waals surface area contributed by atoms with Gasteiger partial charge in [-0.25, -0.2) is 4.79 Å². The Balaban J connectivity index is 1.75. The zero-order valence-electron chi connectivity index (χ0n) is 16.0. The van der Waals surface area contributed by atoms with Gasteiger partial charge in [-0.15, -0.1) is 10.2 Å². The van der Waals surface area contributed by atoms with Crippen LogP contribution >= 0.6 is 23.4 Å². The molecule has 0 saturated heterocycles. The lowest BCUT2D eigenvalue weighted by molar-refractivity contribution is -0.117. The number of imide groups is 1. The maximum Gasteiger partial charge on any atom is 0.321 e. The Morgan fingerprint density at radius 3 is 2.57 bits per heavy atom. The molecule has 1 saturated carbocycles. The molecule has 10 heteroatoms. The van der Waals surface area contributed by atoms with Crippen LogP contribution in [0.2, 0.25) is 5.02 Å². The fraction of sp³-hybridized carbons (Fsp3) is 0.444. The quantitative estimate of drug-likeness (QED) is 0.666. The molecule has 0 radical (unpaired) electrons. The zero-order valence-corrected chi connectivity index (χ0v) is 17.5. The second-order valence-corrected chi connectivity index (χ2v) is 8.26. The number of urea groups is 1. The maximum absolute atomic E-state index is 12.1. The summed E-state index contributed by atoms with van der Waals surface area (Å²) in [5, 5.41) is 14.9. The minimum Gasteiger partial charge on any atom is -0.335 e. The summed E-state index contributed by atoms with van der Waals surface area (Å²) in [6.45, 7) is 2.03. The Bertz CT molecular complexity index is 850. The minimum absolute atomic E-state index is 0.00988. The summed E-state index contributed by atoms with van der Waals surface area (Å²) < 4.78 is 1.91. The first-order valence-electron chi connectivity index (χ1n) is 8.96. The second-order valence-electron chi connectivity index (χ2n) is 6.88. The molecule has 3 amide bonds. The summed E-state index contributed by atoms with van der Waals surface area (Å²) in [5.74, 6) is 0.429. The standard InChI is InChI=1S/C18H23ClN6O2S/c1-11(24(2)3)16-22-23-18(25(16)14-8-4-12(19)5-9-14)28-10-15(26)21-17(27)20-13-6-7-13/h4-5,8-9,11,13H,6-7,10H2,1-3H3,(H2,20,21,26,27). The highest BCUT2D eigenvalue weighted by molar-refractivity contribution is 7.99. The predicted molar refractivity (Wildman–Crippen MR) is 109 cm³/mol. The van der Waals surface area contributed by atoms with Crippen LogP contribution in [0.3, 0.4) is 0 Å². The van der Waals surface area contributed by atoms with Crippen LogP contribution in [0.4, 0.5) is 4.79 Å². The second kappa shape index (κ2) is 8.93. The van der Waals surface area contributed by atoms with Crippen molar-refractivity contribution in [3.05, 3.63) is 35.1 Å². The molecule has 1 aromatic carbocycles. The van der Waals surface area contributed by atoms with E-state index in [9.17, 15) is 9.59 Å². The molecular formula is C18H23ClN6O2S. The molecule has 3 rings (SSSR count). The van der Waals surface area contributed by atoms with Crippen LogP contribution in [0, 0.1) is 0 Å². The SMILES string of the molecule is CC(c1nnc(SCC(=O)NC(=O)NC2CC2)n1-c1ccc(Cl)cc1)N(C)C. The fourth-order valence-electron chi connectivity index (χ4n) is 2.45. The largest absolute Gasteiger partial charge is 0.335 e. The van der Waals surface area contributed by atoms with Crippen molar-refractivity contribution in [1.29, 1.82) is 0 Å². The van der Waals surface area contributed by atoms with E-state index in [4.69, 9.17) is 11.6 Å². The molecule has 1 aliphatic rings. The number of nitrogens with one attached hydrogen (secondary N) is 2. The third-order valence-corrected chi connectivity index (χ3v) is 5.57. The highest BCUT2D eigenvalue weighted by Crippen LogP contribution is 2.27. The molecule has 0 aliphatic heterocycles. The number of thioether (sulfide) groups is 1. The van der Waals surface area contributed by atoms with Gasteiger partial charge in [-0.3, -0.25) is 19.6 Å². The number of carbonyl (C=O) groups is 2. The molecule has 1 aliphatic carbocycles. The van der Waals surface area contributed by atoms with Crippen LogP contribution in [-0.4, -0.2) is 57.5 Å². The van der Waals surface area contributed by atoms with Crippen molar-refractivity contribution in [3.63, 3.8) is 0 Å².